The summed E-state index contributed by atoms with van der Waals surface area (Å²) >= 11 is 0. The van der Waals surface area contributed by atoms with E-state index in [1.807, 2.05) is 146 Å². The summed E-state index contributed by atoms with van der Waals surface area (Å²) in [7, 11) is 0. The van der Waals surface area contributed by atoms with E-state index in [-0.39, 0.29) is 23.6 Å². The number of hydrogen-bond acceptors (Lipinski definition) is 4. The van der Waals surface area contributed by atoms with Crippen LogP contribution in [0.5, 0.6) is 0 Å². The third-order valence-corrected chi connectivity index (χ3v) is 11.8. The number of carbonyl (C=O) groups excluding carboxylic acids is 4. The zero-order valence-electron chi connectivity index (χ0n) is 31.1. The number of benzene rings is 7. The van der Waals surface area contributed by atoms with Gasteiger partial charge in [-0.2, -0.15) is 0 Å². The van der Waals surface area contributed by atoms with Gasteiger partial charge in [0.15, 0.2) is 0 Å². The number of amides is 4. The van der Waals surface area contributed by atoms with Gasteiger partial charge in [0.1, 0.15) is 0 Å². The van der Waals surface area contributed by atoms with E-state index in [4.69, 9.17) is 0 Å². The fraction of sp³-hybridized carbons (Fsp3) is 0.0385. The maximum Gasteiger partial charge on any atom is 0.266 e. The number of nitrogens with zero attached hydrogens (tertiary/aromatic N) is 2. The molecule has 0 N–H and O–H groups in total. The monoisotopic (exact) mass is 748 g/mol. The number of hydrogen-bond donors (Lipinski definition) is 0. The first-order chi connectivity index (χ1) is 28.5. The normalized spacial score (nSPS) is 15.6. The molecule has 274 valence electrons. The van der Waals surface area contributed by atoms with E-state index >= 15 is 0 Å². The Morgan fingerprint density at radius 1 is 0.345 bits per heavy atom. The first-order valence-corrected chi connectivity index (χ1v) is 19.4. The lowest BCUT2D eigenvalue weighted by Gasteiger charge is -2.29. The molecule has 0 unspecified atom stereocenters. The van der Waals surface area contributed by atoms with Crippen molar-refractivity contribution in [1.29, 1.82) is 0 Å². The van der Waals surface area contributed by atoms with Gasteiger partial charge >= 0.3 is 0 Å². The highest BCUT2D eigenvalue weighted by molar-refractivity contribution is 6.38. The fourth-order valence-electron chi connectivity index (χ4n) is 9.14. The number of anilines is 2. The van der Waals surface area contributed by atoms with Crippen molar-refractivity contribution in [2.45, 2.75) is 12.8 Å². The summed E-state index contributed by atoms with van der Waals surface area (Å²) in [5, 5.41) is 2.96. The molecule has 58 heavy (non-hydrogen) atoms. The van der Waals surface area contributed by atoms with Crippen LogP contribution < -0.4 is 9.80 Å². The highest BCUT2D eigenvalue weighted by atomic mass is 16.2. The van der Waals surface area contributed by atoms with Crippen molar-refractivity contribution in [1.82, 2.24) is 0 Å². The number of para-hydroxylation sites is 2. The van der Waals surface area contributed by atoms with Crippen LogP contribution in [0, 0.1) is 0 Å². The quantitative estimate of drug-likeness (QED) is 0.159. The van der Waals surface area contributed by atoms with Crippen LogP contribution in [0.1, 0.15) is 65.4 Å². The third-order valence-electron chi connectivity index (χ3n) is 11.8. The van der Waals surface area contributed by atoms with Crippen molar-refractivity contribution >= 4 is 67.7 Å². The summed E-state index contributed by atoms with van der Waals surface area (Å²) < 4.78 is 0. The third kappa shape index (κ3) is 4.91. The van der Waals surface area contributed by atoms with Crippen molar-refractivity contribution in [3.05, 3.63) is 203 Å². The predicted octanol–water partition coefficient (Wildman–Crippen LogP) is 11.6. The molecule has 0 saturated carbocycles. The average Bonchev–Trinajstić information content (AvgIpc) is 4.01. The van der Waals surface area contributed by atoms with E-state index in [1.54, 1.807) is 12.1 Å². The van der Waals surface area contributed by atoms with E-state index in [0.717, 1.165) is 68.1 Å². The minimum atomic E-state index is -0.342. The average molecular weight is 749 g/mol. The second-order valence-electron chi connectivity index (χ2n) is 14.9. The van der Waals surface area contributed by atoms with Crippen molar-refractivity contribution in [2.24, 2.45) is 0 Å². The van der Waals surface area contributed by atoms with Crippen LogP contribution in [0.3, 0.4) is 0 Å². The van der Waals surface area contributed by atoms with Gasteiger partial charge in [0.05, 0.1) is 11.4 Å². The van der Waals surface area contributed by atoms with Gasteiger partial charge in [0.25, 0.3) is 23.6 Å². The molecule has 0 spiro atoms. The van der Waals surface area contributed by atoms with E-state index < -0.39 is 0 Å². The van der Waals surface area contributed by atoms with Crippen molar-refractivity contribution in [2.75, 3.05) is 9.80 Å². The molecule has 2 aliphatic heterocycles. The van der Waals surface area contributed by atoms with Gasteiger partial charge in [-0.15, -0.1) is 0 Å². The molecule has 4 amide bonds. The Morgan fingerprint density at radius 2 is 0.707 bits per heavy atom. The Bertz CT molecular complexity index is 2890. The summed E-state index contributed by atoms with van der Waals surface area (Å²) in [6.45, 7) is 0. The zero-order valence-corrected chi connectivity index (χ0v) is 31.1. The minimum absolute atomic E-state index is 0.342. The molecule has 2 aliphatic carbocycles. The Hall–Kier alpha value is -7.70. The van der Waals surface area contributed by atoms with E-state index in [9.17, 15) is 19.2 Å². The Morgan fingerprint density at radius 3 is 1.10 bits per heavy atom. The Labute approximate surface area is 334 Å². The summed E-state index contributed by atoms with van der Waals surface area (Å²) in [5.41, 5.74) is 10.6. The van der Waals surface area contributed by atoms with Crippen LogP contribution >= 0.6 is 0 Å². The van der Waals surface area contributed by atoms with Gasteiger partial charge in [-0.05, 0) is 93.4 Å². The van der Waals surface area contributed by atoms with Crippen LogP contribution in [0.4, 0.5) is 11.4 Å². The highest BCUT2D eigenvalue weighted by Gasteiger charge is 2.37. The van der Waals surface area contributed by atoms with Crippen LogP contribution in [-0.2, 0) is 0 Å². The van der Waals surface area contributed by atoms with Crippen LogP contribution in [0.2, 0.25) is 0 Å². The molecule has 4 aliphatic rings. The number of carbonyl (C=O) groups is 4. The van der Waals surface area contributed by atoms with Gasteiger partial charge < -0.3 is 0 Å². The molecule has 7 aromatic rings. The number of allylic oxidation sites excluding steroid dienone is 8. The van der Waals surface area contributed by atoms with Crippen LogP contribution in [0.25, 0.3) is 54.9 Å². The first kappa shape index (κ1) is 33.6. The molecule has 0 fully saturated rings. The second-order valence-corrected chi connectivity index (χ2v) is 14.9. The molecule has 0 saturated heterocycles. The zero-order chi connectivity index (χ0) is 39.1. The Balaban J connectivity index is 0.949. The second kappa shape index (κ2) is 12.9. The van der Waals surface area contributed by atoms with Gasteiger partial charge in [-0.25, -0.2) is 9.80 Å². The summed E-state index contributed by atoms with van der Waals surface area (Å²) in [4.78, 5) is 59.6. The van der Waals surface area contributed by atoms with E-state index in [0.29, 0.717) is 44.4 Å². The molecule has 11 rings (SSSR count). The van der Waals surface area contributed by atoms with Crippen LogP contribution in [-0.4, -0.2) is 23.6 Å². The van der Waals surface area contributed by atoms with Gasteiger partial charge in [0, 0.05) is 44.2 Å². The smallest absolute Gasteiger partial charge is 0.266 e. The maximum atomic E-state index is 14.2. The standard InChI is InChI=1S/C52H32N2O4/c55-49-41-19-9-17-39-35(27-29-43(47(39)41)51(57)53(49)45-21-7-5-15-37(45)31-11-1-2-12-31)33-23-25-34(26-24-33)36-28-30-44-48-40(36)18-10-20-42(48)50(56)54(52(44)58)46-22-8-6-16-38(46)32-13-3-4-14-32/h1-11,13,15-30H,12,14H2. The molecule has 0 radical (unpaired) electrons. The molecular formula is C52H32N2O4. The van der Waals surface area contributed by atoms with Crippen molar-refractivity contribution in [3.63, 3.8) is 0 Å². The lowest BCUT2D eigenvalue weighted by Crippen LogP contribution is -2.41. The predicted molar refractivity (Wildman–Crippen MR) is 231 cm³/mol. The molecule has 0 aromatic heterocycles. The van der Waals surface area contributed by atoms with Crippen LogP contribution in [0.15, 0.2) is 170 Å². The van der Waals surface area contributed by atoms with Gasteiger partial charge in [0.2, 0.25) is 0 Å². The molecule has 2 heterocycles. The van der Waals surface area contributed by atoms with Gasteiger partial charge in [-0.1, -0.05) is 134 Å². The molecule has 6 heteroatoms. The molecule has 0 bridgehead atoms. The molecule has 0 atom stereocenters. The molecular weight excluding hydrogens is 717 g/mol. The summed E-state index contributed by atoms with van der Waals surface area (Å²) in [6, 6.07) is 42.2. The summed E-state index contributed by atoms with van der Waals surface area (Å²) in [5.74, 6) is -1.37. The minimum Gasteiger partial charge on any atom is -0.268 e. The van der Waals surface area contributed by atoms with E-state index in [2.05, 4.69) is 12.2 Å². The lowest BCUT2D eigenvalue weighted by atomic mass is 9.87. The highest BCUT2D eigenvalue weighted by Crippen LogP contribution is 2.43. The van der Waals surface area contributed by atoms with Gasteiger partial charge in [-0.3, -0.25) is 19.2 Å². The largest absolute Gasteiger partial charge is 0.268 e. The lowest BCUT2D eigenvalue weighted by molar-refractivity contribution is 0.0877. The topological polar surface area (TPSA) is 74.8 Å². The van der Waals surface area contributed by atoms with E-state index in [1.165, 1.54) is 9.80 Å². The number of imide groups is 2. The molecule has 7 aromatic carbocycles. The maximum absolute atomic E-state index is 14.2. The first-order valence-electron chi connectivity index (χ1n) is 19.4. The Kier molecular flexibility index (Phi) is 7.50. The SMILES string of the molecule is O=C1c2cccc3c(-c4ccc(-c5ccc6c7c(cccc57)C(=O)N(c5ccccc5C5=CC=CC5)C6=O)cc4)ccc(c23)C(=O)N1c1ccccc1C1=CC=CC1. The summed E-state index contributed by atoms with van der Waals surface area (Å²) in [6.07, 6.45) is 13.7. The number of rotatable bonds is 6. The molecule has 6 nitrogen and oxygen atoms in total. The fourth-order valence-corrected chi connectivity index (χ4v) is 9.14. The van der Waals surface area contributed by atoms with Crippen molar-refractivity contribution < 1.29 is 19.2 Å². The van der Waals surface area contributed by atoms with Crippen molar-refractivity contribution in [3.8, 4) is 22.3 Å².